The molecule has 0 spiro atoms. The van der Waals surface area contributed by atoms with Crippen molar-refractivity contribution in [3.63, 3.8) is 0 Å². The minimum absolute atomic E-state index is 0.371. The van der Waals surface area contributed by atoms with Gasteiger partial charge in [0.15, 0.2) is 6.10 Å². The van der Waals surface area contributed by atoms with Crippen LogP contribution in [-0.4, -0.2) is 25.2 Å². The van der Waals surface area contributed by atoms with E-state index in [4.69, 9.17) is 9.47 Å². The fourth-order valence-corrected chi connectivity index (χ4v) is 4.86. The second kappa shape index (κ2) is 30.2. The molecule has 0 aromatic heterocycles. The molecule has 214 valence electrons. The van der Waals surface area contributed by atoms with E-state index in [1.54, 1.807) is 0 Å². The molecule has 0 saturated heterocycles. The second-order valence-electron chi connectivity index (χ2n) is 10.8. The first-order valence-corrected chi connectivity index (χ1v) is 16.0. The topological polar surface area (TPSA) is 52.6 Å². The summed E-state index contributed by atoms with van der Waals surface area (Å²) >= 11 is 0. The molecule has 0 aliphatic heterocycles. The highest BCUT2D eigenvalue weighted by Gasteiger charge is 2.20. The van der Waals surface area contributed by atoms with Gasteiger partial charge in [-0.15, -0.1) is 0 Å². The van der Waals surface area contributed by atoms with E-state index in [1.165, 1.54) is 135 Å². The van der Waals surface area contributed by atoms with Crippen LogP contribution in [0.25, 0.3) is 0 Å². The zero-order valence-electron chi connectivity index (χ0n) is 24.4. The molecule has 0 aliphatic carbocycles. The lowest BCUT2D eigenvalue weighted by atomic mass is 10.0. The van der Waals surface area contributed by atoms with Crippen LogP contribution in [0.5, 0.6) is 0 Å². The van der Waals surface area contributed by atoms with Gasteiger partial charge in [0, 0.05) is 0 Å². The maximum absolute atomic E-state index is 12.3. The van der Waals surface area contributed by atoms with Crippen LogP contribution in [0.3, 0.4) is 0 Å². The second-order valence-corrected chi connectivity index (χ2v) is 10.8. The van der Waals surface area contributed by atoms with Crippen LogP contribution in [0.15, 0.2) is 0 Å². The van der Waals surface area contributed by atoms with Crippen LogP contribution in [-0.2, 0) is 19.1 Å². The van der Waals surface area contributed by atoms with Crippen molar-refractivity contribution in [1.82, 2.24) is 0 Å². The Kier molecular flexibility index (Phi) is 29.3. The zero-order chi connectivity index (χ0) is 26.4. The Hall–Kier alpha value is -1.06. The lowest BCUT2D eigenvalue weighted by molar-refractivity contribution is -0.162. The quantitative estimate of drug-likeness (QED) is 0.0548. The van der Waals surface area contributed by atoms with Crippen LogP contribution < -0.4 is 0 Å². The first-order valence-electron chi connectivity index (χ1n) is 16.0. The zero-order valence-corrected chi connectivity index (χ0v) is 24.4. The maximum Gasteiger partial charge on any atom is 0.347 e. The Morgan fingerprint density at radius 3 is 1.22 bits per heavy atom. The van der Waals surface area contributed by atoms with Gasteiger partial charge in [0.25, 0.3) is 6.47 Å². The monoisotopic (exact) mass is 510 g/mol. The fraction of sp³-hybridized carbons (Fsp3) is 0.938. The summed E-state index contributed by atoms with van der Waals surface area (Å²) in [4.78, 5) is 23.1. The van der Waals surface area contributed by atoms with Crippen molar-refractivity contribution in [2.75, 3.05) is 6.61 Å². The molecule has 36 heavy (non-hydrogen) atoms. The van der Waals surface area contributed by atoms with Crippen molar-refractivity contribution < 1.29 is 19.1 Å². The Bertz CT molecular complexity index is 451. The molecule has 0 rings (SSSR count). The van der Waals surface area contributed by atoms with Crippen LogP contribution in [0.1, 0.15) is 181 Å². The molecule has 1 atom stereocenters. The molecular weight excluding hydrogens is 448 g/mol. The molecule has 0 fully saturated rings. The van der Waals surface area contributed by atoms with Gasteiger partial charge in [0.05, 0.1) is 6.61 Å². The van der Waals surface area contributed by atoms with Crippen LogP contribution in [0.4, 0.5) is 0 Å². The molecule has 0 N–H and O–H groups in total. The largest absolute Gasteiger partial charge is 0.463 e. The van der Waals surface area contributed by atoms with E-state index >= 15 is 0 Å². The van der Waals surface area contributed by atoms with Crippen molar-refractivity contribution in [3.8, 4) is 0 Å². The molecule has 0 aliphatic rings. The standard InChI is InChI=1S/C32H62O4/c1-3-5-7-9-11-13-15-16-17-19-21-23-25-27-29-35-32(34)31(36-30-33)28-26-24-22-20-18-14-12-10-8-6-4-2/h30-31H,3-29H2,1-2H3. The minimum Gasteiger partial charge on any atom is -0.463 e. The summed E-state index contributed by atoms with van der Waals surface area (Å²) in [7, 11) is 0. The number of rotatable bonds is 30. The van der Waals surface area contributed by atoms with Crippen molar-refractivity contribution in [2.24, 2.45) is 0 Å². The number of carbonyl (C=O) groups is 2. The molecule has 0 radical (unpaired) electrons. The summed E-state index contributed by atoms with van der Waals surface area (Å²) in [6.07, 6.45) is 32.0. The van der Waals surface area contributed by atoms with Crippen molar-refractivity contribution in [2.45, 2.75) is 187 Å². The normalized spacial score (nSPS) is 11.9. The Balaban J connectivity index is 3.53. The first kappa shape index (κ1) is 34.9. The number of ether oxygens (including phenoxy) is 2. The summed E-state index contributed by atoms with van der Waals surface area (Å²) in [6.45, 7) is 5.35. The van der Waals surface area contributed by atoms with Gasteiger partial charge in [-0.05, 0) is 19.3 Å². The van der Waals surface area contributed by atoms with Crippen molar-refractivity contribution in [1.29, 1.82) is 0 Å². The third kappa shape index (κ3) is 26.0. The van der Waals surface area contributed by atoms with Gasteiger partial charge < -0.3 is 9.47 Å². The first-order chi connectivity index (χ1) is 17.8. The average Bonchev–Trinajstić information content (AvgIpc) is 2.88. The molecule has 0 saturated carbocycles. The van der Waals surface area contributed by atoms with Crippen LogP contribution in [0, 0.1) is 0 Å². The van der Waals surface area contributed by atoms with Crippen LogP contribution in [0.2, 0.25) is 0 Å². The maximum atomic E-state index is 12.3. The van der Waals surface area contributed by atoms with Gasteiger partial charge >= 0.3 is 5.97 Å². The van der Waals surface area contributed by atoms with Gasteiger partial charge in [0.1, 0.15) is 0 Å². The van der Waals surface area contributed by atoms with E-state index < -0.39 is 6.10 Å². The van der Waals surface area contributed by atoms with Gasteiger partial charge in [-0.25, -0.2) is 4.79 Å². The molecule has 0 bridgehead atoms. The number of esters is 1. The van der Waals surface area contributed by atoms with Gasteiger partial charge in [-0.2, -0.15) is 0 Å². The molecule has 1 unspecified atom stereocenters. The molecule has 0 amide bonds. The molecule has 0 heterocycles. The highest BCUT2D eigenvalue weighted by atomic mass is 16.6. The third-order valence-corrected chi connectivity index (χ3v) is 7.29. The predicted octanol–water partition coefficient (Wildman–Crippen LogP) is 10.3. The number of carbonyl (C=O) groups excluding carboxylic acids is 2. The summed E-state index contributed by atoms with van der Waals surface area (Å²) in [5.74, 6) is -0.371. The average molecular weight is 511 g/mol. The van der Waals surface area contributed by atoms with E-state index in [2.05, 4.69) is 13.8 Å². The lowest BCUT2D eigenvalue weighted by Crippen LogP contribution is -2.26. The molecule has 4 heteroatoms. The SMILES string of the molecule is CCCCCCCCCCCCCCCCOC(=O)C(CCCCCCCCCCCCC)OC=O. The Morgan fingerprint density at radius 2 is 0.861 bits per heavy atom. The fourth-order valence-electron chi connectivity index (χ4n) is 4.86. The molecule has 0 aromatic carbocycles. The number of unbranched alkanes of at least 4 members (excludes halogenated alkanes) is 23. The van der Waals surface area contributed by atoms with E-state index in [-0.39, 0.29) is 5.97 Å². The predicted molar refractivity (Wildman–Crippen MR) is 153 cm³/mol. The van der Waals surface area contributed by atoms with E-state index in [9.17, 15) is 9.59 Å². The van der Waals surface area contributed by atoms with Crippen molar-refractivity contribution in [3.05, 3.63) is 0 Å². The van der Waals surface area contributed by atoms with E-state index in [1.807, 2.05) is 0 Å². The lowest BCUT2D eigenvalue weighted by Gasteiger charge is -2.14. The minimum atomic E-state index is -0.729. The summed E-state index contributed by atoms with van der Waals surface area (Å²) < 4.78 is 10.4. The molecular formula is C32H62O4. The highest BCUT2D eigenvalue weighted by Crippen LogP contribution is 2.15. The Labute approximate surface area is 225 Å². The summed E-state index contributed by atoms with van der Waals surface area (Å²) in [5.41, 5.74) is 0. The van der Waals surface area contributed by atoms with Gasteiger partial charge in [-0.1, -0.05) is 162 Å². The smallest absolute Gasteiger partial charge is 0.347 e. The number of hydrogen-bond donors (Lipinski definition) is 0. The molecule has 0 aromatic rings. The summed E-state index contributed by atoms with van der Waals surface area (Å²) in [6, 6.07) is 0. The van der Waals surface area contributed by atoms with Gasteiger partial charge in [0.2, 0.25) is 0 Å². The van der Waals surface area contributed by atoms with Crippen molar-refractivity contribution >= 4 is 12.4 Å². The third-order valence-electron chi connectivity index (χ3n) is 7.29. The van der Waals surface area contributed by atoms with Crippen LogP contribution >= 0.6 is 0 Å². The van der Waals surface area contributed by atoms with E-state index in [0.29, 0.717) is 19.5 Å². The van der Waals surface area contributed by atoms with E-state index in [0.717, 1.165) is 25.7 Å². The highest BCUT2D eigenvalue weighted by molar-refractivity contribution is 5.75. The van der Waals surface area contributed by atoms with Gasteiger partial charge in [-0.3, -0.25) is 4.79 Å². The number of hydrogen-bond acceptors (Lipinski definition) is 4. The molecule has 4 nitrogen and oxygen atoms in total. The summed E-state index contributed by atoms with van der Waals surface area (Å²) in [5, 5.41) is 0. The Morgan fingerprint density at radius 1 is 0.528 bits per heavy atom.